The SMILES string of the molecule is F[B-](F)(F)F.O[C@@H]1C[NH+]2CCCC[C@@H]2C[C@@H]1O. The molecular weight excluding hydrogens is 241 g/mol. The Bertz CT molecular complexity index is 218. The first-order valence-corrected chi connectivity index (χ1v) is 5.85. The van der Waals surface area contributed by atoms with E-state index in [-0.39, 0.29) is 0 Å². The molecule has 0 amide bonds. The second-order valence-electron chi connectivity index (χ2n) is 4.67. The molecule has 2 aliphatic rings. The maximum atomic E-state index is 9.75. The van der Waals surface area contributed by atoms with Gasteiger partial charge in [0.25, 0.3) is 0 Å². The van der Waals surface area contributed by atoms with Gasteiger partial charge in [0.15, 0.2) is 0 Å². The Kier molecular flexibility index (Phi) is 5.21. The van der Waals surface area contributed by atoms with E-state index in [9.17, 15) is 27.5 Å². The fraction of sp³-hybridized carbons (Fsp3) is 1.00. The number of quaternary nitrogens is 1. The highest BCUT2D eigenvalue weighted by atomic mass is 19.5. The number of fused-ring (bicyclic) bond motifs is 1. The van der Waals surface area contributed by atoms with Crippen LogP contribution in [-0.2, 0) is 0 Å². The molecule has 0 spiro atoms. The lowest BCUT2D eigenvalue weighted by Gasteiger charge is -2.40. The lowest BCUT2D eigenvalue weighted by molar-refractivity contribution is -0.940. The number of piperidine rings is 2. The molecule has 4 atom stereocenters. The minimum Gasteiger partial charge on any atom is -0.418 e. The second-order valence-corrected chi connectivity index (χ2v) is 4.67. The predicted molar refractivity (Wildman–Crippen MR) is 55.2 cm³/mol. The fourth-order valence-electron chi connectivity index (χ4n) is 2.56. The van der Waals surface area contributed by atoms with Gasteiger partial charge >= 0.3 is 7.25 Å². The van der Waals surface area contributed by atoms with Gasteiger partial charge in [-0.1, -0.05) is 0 Å². The standard InChI is InChI=1S/C9H17NO2.BF4/c11-8-5-7-3-1-2-4-10(7)6-9(8)12;2-1(3,4)5/h7-9,11-12H,1-6H2;/q;-1/p+1/t7-,8+,9-;/m1./s1. The van der Waals surface area contributed by atoms with Crippen LogP contribution in [-0.4, -0.2) is 48.8 Å². The number of hydrogen-bond donors (Lipinski definition) is 3. The second kappa shape index (κ2) is 6.02. The molecule has 0 radical (unpaired) electrons. The average Bonchev–Trinajstić information content (AvgIpc) is 2.17. The Labute approximate surface area is 97.5 Å². The summed E-state index contributed by atoms with van der Waals surface area (Å²) in [5.41, 5.74) is 0. The van der Waals surface area contributed by atoms with E-state index in [0.29, 0.717) is 6.04 Å². The van der Waals surface area contributed by atoms with Gasteiger partial charge in [-0.3, -0.25) is 0 Å². The molecule has 0 aromatic heterocycles. The van der Waals surface area contributed by atoms with Crippen LogP contribution in [0.2, 0.25) is 0 Å². The Hall–Kier alpha value is -0.335. The zero-order chi connectivity index (χ0) is 13.1. The van der Waals surface area contributed by atoms with Crippen molar-refractivity contribution in [1.29, 1.82) is 0 Å². The van der Waals surface area contributed by atoms with Crippen molar-refractivity contribution < 1.29 is 32.4 Å². The van der Waals surface area contributed by atoms with Gasteiger partial charge in [0.05, 0.1) is 18.7 Å². The maximum Gasteiger partial charge on any atom is 0.673 e. The third kappa shape index (κ3) is 5.69. The molecule has 102 valence electrons. The molecule has 2 rings (SSSR count). The molecule has 17 heavy (non-hydrogen) atoms. The topological polar surface area (TPSA) is 44.9 Å². The normalized spacial score (nSPS) is 37.8. The first-order valence-electron chi connectivity index (χ1n) is 5.85. The first-order chi connectivity index (χ1) is 7.77. The van der Waals surface area contributed by atoms with Crippen LogP contribution in [0.3, 0.4) is 0 Å². The number of halogens is 4. The third-order valence-electron chi connectivity index (χ3n) is 3.32. The fourth-order valence-corrected chi connectivity index (χ4v) is 2.56. The van der Waals surface area contributed by atoms with Crippen LogP contribution < -0.4 is 4.90 Å². The van der Waals surface area contributed by atoms with E-state index in [0.717, 1.165) is 13.0 Å². The summed E-state index contributed by atoms with van der Waals surface area (Å²) >= 11 is 0. The molecule has 2 aliphatic heterocycles. The van der Waals surface area contributed by atoms with Crippen LogP contribution in [0.4, 0.5) is 17.3 Å². The first kappa shape index (κ1) is 14.7. The summed E-state index contributed by atoms with van der Waals surface area (Å²) in [5.74, 6) is 0. The van der Waals surface area contributed by atoms with E-state index in [4.69, 9.17) is 0 Å². The molecule has 0 aromatic carbocycles. The van der Waals surface area contributed by atoms with E-state index < -0.39 is 19.5 Å². The summed E-state index contributed by atoms with van der Waals surface area (Å²) < 4.78 is 39.0. The van der Waals surface area contributed by atoms with Crippen molar-refractivity contribution in [1.82, 2.24) is 0 Å². The lowest BCUT2D eigenvalue weighted by Crippen LogP contribution is -3.19. The van der Waals surface area contributed by atoms with E-state index in [1.807, 2.05) is 0 Å². The van der Waals surface area contributed by atoms with Crippen molar-refractivity contribution in [3.8, 4) is 0 Å². The number of aliphatic hydroxyl groups is 2. The molecule has 3 N–H and O–H groups in total. The molecule has 2 saturated heterocycles. The van der Waals surface area contributed by atoms with Gasteiger partial charge in [-0.05, 0) is 19.3 Å². The largest absolute Gasteiger partial charge is 0.673 e. The van der Waals surface area contributed by atoms with Crippen molar-refractivity contribution in [2.75, 3.05) is 13.1 Å². The summed E-state index contributed by atoms with van der Waals surface area (Å²) in [4.78, 5) is 1.51. The molecule has 0 aliphatic carbocycles. The molecule has 3 nitrogen and oxygen atoms in total. The Morgan fingerprint density at radius 3 is 2.18 bits per heavy atom. The van der Waals surface area contributed by atoms with Crippen LogP contribution in [0, 0.1) is 0 Å². The van der Waals surface area contributed by atoms with Crippen LogP contribution in [0.5, 0.6) is 0 Å². The molecule has 0 saturated carbocycles. The van der Waals surface area contributed by atoms with Gasteiger partial charge in [0.2, 0.25) is 0 Å². The minimum atomic E-state index is -6.00. The number of hydrogen-bond acceptors (Lipinski definition) is 2. The number of nitrogens with one attached hydrogen (secondary N) is 1. The monoisotopic (exact) mass is 259 g/mol. The summed E-state index contributed by atoms with van der Waals surface area (Å²) in [7, 11) is -6.00. The van der Waals surface area contributed by atoms with Gasteiger partial charge in [-0.25, -0.2) is 0 Å². The molecular formula is C9H18BF4NO2. The highest BCUT2D eigenvalue weighted by Gasteiger charge is 2.37. The van der Waals surface area contributed by atoms with Crippen LogP contribution in [0.15, 0.2) is 0 Å². The van der Waals surface area contributed by atoms with E-state index >= 15 is 0 Å². The van der Waals surface area contributed by atoms with Crippen molar-refractivity contribution in [2.45, 2.75) is 43.9 Å². The summed E-state index contributed by atoms with van der Waals surface area (Å²) in [5, 5.41) is 18.9. The smallest absolute Gasteiger partial charge is 0.418 e. The van der Waals surface area contributed by atoms with E-state index in [1.165, 1.54) is 30.7 Å². The minimum absolute atomic E-state index is 0.461. The molecule has 8 heteroatoms. The van der Waals surface area contributed by atoms with Crippen molar-refractivity contribution in [2.24, 2.45) is 0 Å². The zero-order valence-electron chi connectivity index (χ0n) is 9.46. The summed E-state index contributed by atoms with van der Waals surface area (Å²) in [6.07, 6.45) is 3.69. The van der Waals surface area contributed by atoms with Gasteiger partial charge < -0.3 is 32.4 Å². The Balaban J connectivity index is 0.000000249. The summed E-state index contributed by atoms with van der Waals surface area (Å²) in [6, 6.07) is 0.622. The van der Waals surface area contributed by atoms with Crippen LogP contribution in [0.1, 0.15) is 25.7 Å². The van der Waals surface area contributed by atoms with E-state index in [1.54, 1.807) is 0 Å². The predicted octanol–water partition coefficient (Wildman–Crippen LogP) is -0.151. The lowest BCUT2D eigenvalue weighted by atomic mass is 9.90. The molecule has 1 unspecified atom stereocenters. The van der Waals surface area contributed by atoms with Crippen molar-refractivity contribution >= 4 is 7.25 Å². The molecule has 0 bridgehead atoms. The zero-order valence-corrected chi connectivity index (χ0v) is 9.46. The van der Waals surface area contributed by atoms with Crippen molar-refractivity contribution in [3.63, 3.8) is 0 Å². The number of aliphatic hydroxyl groups excluding tert-OH is 2. The van der Waals surface area contributed by atoms with Crippen LogP contribution >= 0.6 is 0 Å². The number of rotatable bonds is 0. The molecule has 0 aromatic rings. The van der Waals surface area contributed by atoms with Gasteiger partial charge in [0, 0.05) is 6.42 Å². The van der Waals surface area contributed by atoms with Gasteiger partial charge in [-0.15, -0.1) is 0 Å². The molecule has 2 heterocycles. The average molecular weight is 259 g/mol. The quantitative estimate of drug-likeness (QED) is 0.418. The van der Waals surface area contributed by atoms with Crippen molar-refractivity contribution in [3.05, 3.63) is 0 Å². The maximum absolute atomic E-state index is 9.75. The van der Waals surface area contributed by atoms with Crippen LogP contribution in [0.25, 0.3) is 0 Å². The Morgan fingerprint density at radius 2 is 1.59 bits per heavy atom. The summed E-state index contributed by atoms with van der Waals surface area (Å²) in [6.45, 7) is 1.94. The highest BCUT2D eigenvalue weighted by Crippen LogP contribution is 2.13. The third-order valence-corrected chi connectivity index (χ3v) is 3.32. The van der Waals surface area contributed by atoms with E-state index in [2.05, 4.69) is 0 Å². The van der Waals surface area contributed by atoms with Gasteiger partial charge in [-0.2, -0.15) is 0 Å². The van der Waals surface area contributed by atoms with Gasteiger partial charge in [0.1, 0.15) is 12.6 Å². The molecule has 2 fully saturated rings. The highest BCUT2D eigenvalue weighted by molar-refractivity contribution is 6.50. The Morgan fingerprint density at radius 1 is 1.00 bits per heavy atom.